The lowest BCUT2D eigenvalue weighted by Gasteiger charge is -2.22. The largest absolute Gasteiger partial charge is 0.350 e. The van der Waals surface area contributed by atoms with Crippen molar-refractivity contribution in [1.29, 1.82) is 0 Å². The van der Waals surface area contributed by atoms with Crippen LogP contribution in [-0.2, 0) is 4.79 Å². The molecule has 1 aliphatic heterocycles. The molecule has 2 N–H and O–H groups in total. The van der Waals surface area contributed by atoms with Crippen molar-refractivity contribution in [1.82, 2.24) is 10.6 Å². The number of carbonyl (C=O) groups excluding carboxylic acids is 1. The molecular weight excluding hydrogens is 212 g/mol. The Hall–Kier alpha value is -1.09. The van der Waals surface area contributed by atoms with E-state index < -0.39 is 0 Å². The second kappa shape index (κ2) is 6.60. The topological polar surface area (TPSA) is 41.1 Å². The molecule has 3 nitrogen and oxygen atoms in total. The molecule has 0 saturated carbocycles. The Morgan fingerprint density at radius 3 is 2.82 bits per heavy atom. The maximum atomic E-state index is 11.8. The lowest BCUT2D eigenvalue weighted by atomic mass is 9.93. The van der Waals surface area contributed by atoms with Crippen LogP contribution in [0.3, 0.4) is 0 Å². The molecule has 3 heteroatoms. The maximum absolute atomic E-state index is 11.8. The number of carbonyl (C=O) groups is 1. The summed E-state index contributed by atoms with van der Waals surface area (Å²) in [6.07, 6.45) is 13.3. The zero-order chi connectivity index (χ0) is 11.9. The van der Waals surface area contributed by atoms with Crippen LogP contribution < -0.4 is 10.6 Å². The van der Waals surface area contributed by atoms with Gasteiger partial charge in [-0.15, -0.1) is 0 Å². The Kier molecular flexibility index (Phi) is 4.80. The summed E-state index contributed by atoms with van der Waals surface area (Å²) in [7, 11) is 0. The fourth-order valence-corrected chi connectivity index (χ4v) is 2.47. The quantitative estimate of drug-likeness (QED) is 0.778. The number of nitrogens with one attached hydrogen (secondary N) is 2. The first-order valence-corrected chi connectivity index (χ1v) is 6.68. The van der Waals surface area contributed by atoms with Crippen LogP contribution in [0.5, 0.6) is 0 Å². The third-order valence-corrected chi connectivity index (χ3v) is 3.57. The molecule has 1 unspecified atom stereocenters. The Labute approximate surface area is 103 Å². The number of piperidine rings is 1. The van der Waals surface area contributed by atoms with Gasteiger partial charge >= 0.3 is 0 Å². The van der Waals surface area contributed by atoms with Crippen LogP contribution in [0.15, 0.2) is 24.3 Å². The lowest BCUT2D eigenvalue weighted by molar-refractivity contribution is -0.121. The van der Waals surface area contributed by atoms with Crippen molar-refractivity contribution in [3.05, 3.63) is 24.3 Å². The van der Waals surface area contributed by atoms with Gasteiger partial charge in [0.05, 0.1) is 6.04 Å². The second-order valence-electron chi connectivity index (χ2n) is 4.95. The summed E-state index contributed by atoms with van der Waals surface area (Å²) in [5, 5.41) is 6.42. The van der Waals surface area contributed by atoms with E-state index in [1.54, 1.807) is 0 Å². The molecule has 0 bridgehead atoms. The Morgan fingerprint density at radius 2 is 2.12 bits per heavy atom. The molecule has 1 atom stereocenters. The van der Waals surface area contributed by atoms with E-state index in [0.717, 1.165) is 31.8 Å². The van der Waals surface area contributed by atoms with E-state index >= 15 is 0 Å². The highest BCUT2D eigenvalue weighted by Gasteiger charge is 2.15. The van der Waals surface area contributed by atoms with Gasteiger partial charge in [0, 0.05) is 6.42 Å². The second-order valence-corrected chi connectivity index (χ2v) is 4.95. The molecule has 0 aromatic rings. The van der Waals surface area contributed by atoms with Gasteiger partial charge in [-0.1, -0.05) is 24.3 Å². The van der Waals surface area contributed by atoms with Crippen molar-refractivity contribution in [3.8, 4) is 0 Å². The fourth-order valence-electron chi connectivity index (χ4n) is 2.47. The third-order valence-electron chi connectivity index (χ3n) is 3.57. The van der Waals surface area contributed by atoms with Crippen LogP contribution in [0.2, 0.25) is 0 Å². The molecule has 1 aliphatic carbocycles. The fraction of sp³-hybridized carbons (Fsp3) is 0.643. The predicted octanol–water partition coefficient (Wildman–Crippen LogP) is 1.77. The minimum absolute atomic E-state index is 0.202. The minimum atomic E-state index is 0.202. The molecule has 0 aromatic carbocycles. The Balaban J connectivity index is 1.63. The van der Waals surface area contributed by atoms with Gasteiger partial charge in [-0.3, -0.25) is 4.79 Å². The van der Waals surface area contributed by atoms with Crippen molar-refractivity contribution in [2.24, 2.45) is 5.92 Å². The van der Waals surface area contributed by atoms with Gasteiger partial charge in [-0.05, 0) is 44.7 Å². The molecule has 17 heavy (non-hydrogen) atoms. The molecule has 1 amide bonds. The summed E-state index contributed by atoms with van der Waals surface area (Å²) < 4.78 is 0. The standard InChI is InChI=1S/C14H22N2O/c17-14(16-13-4-2-1-3-5-13)7-6-12-8-10-15-11-9-12/h1-4,12-13,15H,5-11H2,(H,16,17). The smallest absolute Gasteiger partial charge is 0.220 e. The van der Waals surface area contributed by atoms with Crippen LogP contribution in [0.1, 0.15) is 32.1 Å². The zero-order valence-corrected chi connectivity index (χ0v) is 10.3. The van der Waals surface area contributed by atoms with E-state index in [-0.39, 0.29) is 11.9 Å². The molecule has 0 aromatic heterocycles. The van der Waals surface area contributed by atoms with Crippen molar-refractivity contribution in [3.63, 3.8) is 0 Å². The van der Waals surface area contributed by atoms with Gasteiger partial charge in [0.1, 0.15) is 0 Å². The summed E-state index contributed by atoms with van der Waals surface area (Å²) in [5.41, 5.74) is 0. The van der Waals surface area contributed by atoms with E-state index in [9.17, 15) is 4.79 Å². The minimum Gasteiger partial charge on any atom is -0.350 e. The van der Waals surface area contributed by atoms with E-state index in [4.69, 9.17) is 0 Å². The number of allylic oxidation sites excluding steroid dienone is 2. The normalized spacial score (nSPS) is 24.8. The maximum Gasteiger partial charge on any atom is 0.220 e. The van der Waals surface area contributed by atoms with Crippen molar-refractivity contribution in [2.75, 3.05) is 13.1 Å². The summed E-state index contributed by atoms with van der Waals surface area (Å²) >= 11 is 0. The van der Waals surface area contributed by atoms with E-state index in [2.05, 4.69) is 22.8 Å². The summed E-state index contributed by atoms with van der Waals surface area (Å²) in [6, 6.07) is 0.209. The van der Waals surface area contributed by atoms with Crippen LogP contribution in [0, 0.1) is 5.92 Å². The molecular formula is C14H22N2O. The van der Waals surface area contributed by atoms with Crippen LogP contribution in [-0.4, -0.2) is 25.0 Å². The van der Waals surface area contributed by atoms with E-state index in [0.29, 0.717) is 6.42 Å². The Bertz CT molecular complexity index is 303. The molecule has 0 radical (unpaired) electrons. The number of rotatable bonds is 4. The lowest BCUT2D eigenvalue weighted by Crippen LogP contribution is -2.34. The van der Waals surface area contributed by atoms with Crippen LogP contribution >= 0.6 is 0 Å². The number of amides is 1. The molecule has 1 heterocycles. The SMILES string of the molecule is O=C(CCC1CCNCC1)NC1C=CC=CC1. The first-order valence-electron chi connectivity index (χ1n) is 6.68. The number of hydrogen-bond donors (Lipinski definition) is 2. The first-order chi connectivity index (χ1) is 8.34. The monoisotopic (exact) mass is 234 g/mol. The Morgan fingerprint density at radius 1 is 1.29 bits per heavy atom. The van der Waals surface area contributed by atoms with Gasteiger partial charge in [0.2, 0.25) is 5.91 Å². The van der Waals surface area contributed by atoms with E-state index in [1.807, 2.05) is 12.2 Å². The van der Waals surface area contributed by atoms with Crippen LogP contribution in [0.25, 0.3) is 0 Å². The molecule has 0 spiro atoms. The molecule has 1 saturated heterocycles. The zero-order valence-electron chi connectivity index (χ0n) is 10.3. The summed E-state index contributed by atoms with van der Waals surface area (Å²) in [6.45, 7) is 2.23. The van der Waals surface area contributed by atoms with Crippen molar-refractivity contribution >= 4 is 5.91 Å². The highest BCUT2D eigenvalue weighted by molar-refractivity contribution is 5.76. The van der Waals surface area contributed by atoms with Gasteiger partial charge in [0.15, 0.2) is 0 Å². The summed E-state index contributed by atoms with van der Waals surface area (Å²) in [4.78, 5) is 11.8. The third kappa shape index (κ3) is 4.35. The number of hydrogen-bond acceptors (Lipinski definition) is 2. The highest BCUT2D eigenvalue weighted by atomic mass is 16.1. The average Bonchev–Trinajstić information content (AvgIpc) is 2.39. The predicted molar refractivity (Wildman–Crippen MR) is 69.7 cm³/mol. The first kappa shape index (κ1) is 12.4. The molecule has 2 rings (SSSR count). The van der Waals surface area contributed by atoms with Crippen LogP contribution in [0.4, 0.5) is 0 Å². The average molecular weight is 234 g/mol. The van der Waals surface area contributed by atoms with Gasteiger partial charge in [-0.2, -0.15) is 0 Å². The molecule has 1 fully saturated rings. The molecule has 2 aliphatic rings. The van der Waals surface area contributed by atoms with Crippen molar-refractivity contribution in [2.45, 2.75) is 38.1 Å². The summed E-state index contributed by atoms with van der Waals surface area (Å²) in [5.74, 6) is 0.942. The van der Waals surface area contributed by atoms with Gasteiger partial charge in [-0.25, -0.2) is 0 Å². The van der Waals surface area contributed by atoms with E-state index in [1.165, 1.54) is 12.8 Å². The highest BCUT2D eigenvalue weighted by Crippen LogP contribution is 2.17. The van der Waals surface area contributed by atoms with Gasteiger partial charge < -0.3 is 10.6 Å². The molecule has 94 valence electrons. The van der Waals surface area contributed by atoms with Gasteiger partial charge in [0.25, 0.3) is 0 Å². The van der Waals surface area contributed by atoms with Crippen molar-refractivity contribution < 1.29 is 4.79 Å².